The second kappa shape index (κ2) is 6.95. The molecule has 4 heteroatoms. The van der Waals surface area contributed by atoms with E-state index in [1.807, 2.05) is 19.1 Å². The van der Waals surface area contributed by atoms with E-state index in [4.69, 9.17) is 0 Å². The number of aliphatic carboxylic acids is 1. The van der Waals surface area contributed by atoms with Crippen LogP contribution in [0.3, 0.4) is 0 Å². The van der Waals surface area contributed by atoms with Gasteiger partial charge < -0.3 is 10.0 Å². The van der Waals surface area contributed by atoms with E-state index in [9.17, 15) is 14.7 Å². The maximum Gasteiger partial charge on any atom is 0.308 e. The van der Waals surface area contributed by atoms with Gasteiger partial charge in [0.1, 0.15) is 0 Å². The summed E-state index contributed by atoms with van der Waals surface area (Å²) in [6.45, 7) is 6.47. The Balaban J connectivity index is 2.04. The van der Waals surface area contributed by atoms with Crippen molar-refractivity contribution in [2.75, 3.05) is 6.54 Å². The molecule has 1 aromatic rings. The molecule has 0 bridgehead atoms. The number of carboxylic acids is 1. The Morgan fingerprint density at radius 1 is 1.32 bits per heavy atom. The normalized spacial score (nSPS) is 23.1. The lowest BCUT2D eigenvalue weighted by Gasteiger charge is -2.37. The summed E-state index contributed by atoms with van der Waals surface area (Å²) in [6.07, 6.45) is 1.86. The summed E-state index contributed by atoms with van der Waals surface area (Å²) in [4.78, 5) is 25.5. The molecule has 22 heavy (non-hydrogen) atoms. The molecule has 3 unspecified atom stereocenters. The van der Waals surface area contributed by atoms with Crippen molar-refractivity contribution in [3.8, 4) is 0 Å². The SMILES string of the molecule is Cc1ccccc1C(C)CC(=O)N1CC(C(=O)O)CCC1C. The lowest BCUT2D eigenvalue weighted by atomic mass is 9.90. The van der Waals surface area contributed by atoms with Crippen LogP contribution in [0, 0.1) is 12.8 Å². The minimum atomic E-state index is -0.795. The second-order valence-electron chi connectivity index (χ2n) is 6.47. The van der Waals surface area contributed by atoms with Crippen molar-refractivity contribution in [1.29, 1.82) is 0 Å². The van der Waals surface area contributed by atoms with Crippen molar-refractivity contribution in [1.82, 2.24) is 4.90 Å². The minimum Gasteiger partial charge on any atom is -0.481 e. The monoisotopic (exact) mass is 303 g/mol. The molecule has 4 nitrogen and oxygen atoms in total. The Kier molecular flexibility index (Phi) is 5.22. The van der Waals surface area contributed by atoms with E-state index in [1.165, 1.54) is 11.1 Å². The van der Waals surface area contributed by atoms with Crippen molar-refractivity contribution in [3.05, 3.63) is 35.4 Å². The van der Waals surface area contributed by atoms with Crippen LogP contribution in [0.5, 0.6) is 0 Å². The van der Waals surface area contributed by atoms with Crippen LogP contribution in [0.25, 0.3) is 0 Å². The summed E-state index contributed by atoms with van der Waals surface area (Å²) in [5.74, 6) is -1.01. The van der Waals surface area contributed by atoms with Gasteiger partial charge in [-0.1, -0.05) is 31.2 Å². The van der Waals surface area contributed by atoms with Gasteiger partial charge in [-0.25, -0.2) is 0 Å². The predicted octanol–water partition coefficient (Wildman–Crippen LogP) is 3.20. The highest BCUT2D eigenvalue weighted by molar-refractivity contribution is 5.79. The van der Waals surface area contributed by atoms with Crippen molar-refractivity contribution in [3.63, 3.8) is 0 Å². The highest BCUT2D eigenvalue weighted by atomic mass is 16.4. The first-order valence-electron chi connectivity index (χ1n) is 7.98. The first-order valence-corrected chi connectivity index (χ1v) is 7.98. The number of nitrogens with zero attached hydrogens (tertiary/aromatic N) is 1. The van der Waals surface area contributed by atoms with Gasteiger partial charge in [0, 0.05) is 19.0 Å². The molecule has 0 spiro atoms. The molecule has 2 rings (SSSR count). The predicted molar refractivity (Wildman–Crippen MR) is 85.7 cm³/mol. The largest absolute Gasteiger partial charge is 0.481 e. The number of likely N-dealkylation sites (tertiary alicyclic amines) is 1. The van der Waals surface area contributed by atoms with E-state index in [-0.39, 0.29) is 17.9 Å². The number of hydrogen-bond acceptors (Lipinski definition) is 2. The smallest absolute Gasteiger partial charge is 0.308 e. The number of amides is 1. The molecule has 3 atom stereocenters. The number of piperidine rings is 1. The lowest BCUT2D eigenvalue weighted by Crippen LogP contribution is -2.47. The summed E-state index contributed by atoms with van der Waals surface area (Å²) in [5, 5.41) is 9.18. The van der Waals surface area contributed by atoms with Gasteiger partial charge in [-0.3, -0.25) is 9.59 Å². The van der Waals surface area contributed by atoms with E-state index < -0.39 is 11.9 Å². The fourth-order valence-electron chi connectivity index (χ4n) is 3.28. The molecule has 0 radical (unpaired) electrons. The molecule has 0 aromatic heterocycles. The maximum absolute atomic E-state index is 12.6. The summed E-state index contributed by atoms with van der Waals surface area (Å²) in [6, 6.07) is 8.24. The molecular formula is C18H25NO3. The van der Waals surface area contributed by atoms with Crippen LogP contribution in [0.15, 0.2) is 24.3 Å². The molecule has 1 aliphatic heterocycles. The molecule has 1 aromatic carbocycles. The third-order valence-electron chi connectivity index (χ3n) is 4.75. The number of benzene rings is 1. The van der Waals surface area contributed by atoms with Gasteiger partial charge >= 0.3 is 5.97 Å². The van der Waals surface area contributed by atoms with Gasteiger partial charge in [-0.2, -0.15) is 0 Å². The van der Waals surface area contributed by atoms with Gasteiger partial charge in [0.25, 0.3) is 0 Å². The third-order valence-corrected chi connectivity index (χ3v) is 4.75. The van der Waals surface area contributed by atoms with E-state index >= 15 is 0 Å². The van der Waals surface area contributed by atoms with E-state index in [0.717, 1.165) is 6.42 Å². The zero-order valence-electron chi connectivity index (χ0n) is 13.6. The molecule has 1 amide bonds. The molecule has 1 aliphatic rings. The zero-order valence-corrected chi connectivity index (χ0v) is 13.6. The first kappa shape index (κ1) is 16.5. The van der Waals surface area contributed by atoms with Crippen LogP contribution in [0.2, 0.25) is 0 Å². The van der Waals surface area contributed by atoms with Crippen molar-refractivity contribution in [2.45, 2.75) is 52.0 Å². The summed E-state index contributed by atoms with van der Waals surface area (Å²) < 4.78 is 0. The van der Waals surface area contributed by atoms with Crippen molar-refractivity contribution < 1.29 is 14.7 Å². The quantitative estimate of drug-likeness (QED) is 0.929. The Morgan fingerprint density at radius 2 is 2.00 bits per heavy atom. The van der Waals surface area contributed by atoms with Gasteiger partial charge in [-0.05, 0) is 43.7 Å². The number of hydrogen-bond donors (Lipinski definition) is 1. The topological polar surface area (TPSA) is 57.6 Å². The molecule has 120 valence electrons. The molecule has 1 heterocycles. The maximum atomic E-state index is 12.6. The molecular weight excluding hydrogens is 278 g/mol. The average Bonchev–Trinajstić information content (AvgIpc) is 2.47. The molecule has 0 aliphatic carbocycles. The standard InChI is InChI=1S/C18H25NO3/c1-12-6-4-5-7-16(12)13(2)10-17(20)19-11-15(18(21)22)9-8-14(19)3/h4-7,13-15H,8-11H2,1-3H3,(H,21,22). The first-order chi connectivity index (χ1) is 10.4. The summed E-state index contributed by atoms with van der Waals surface area (Å²) in [7, 11) is 0. The number of carbonyl (C=O) groups excluding carboxylic acids is 1. The van der Waals surface area contributed by atoms with Gasteiger partial charge in [0.2, 0.25) is 5.91 Å². The van der Waals surface area contributed by atoms with E-state index in [0.29, 0.717) is 19.4 Å². The van der Waals surface area contributed by atoms with E-state index in [2.05, 4.69) is 26.0 Å². The molecule has 1 saturated heterocycles. The van der Waals surface area contributed by atoms with Gasteiger partial charge in [-0.15, -0.1) is 0 Å². The van der Waals surface area contributed by atoms with Crippen LogP contribution >= 0.6 is 0 Å². The molecule has 1 N–H and O–H groups in total. The number of rotatable bonds is 4. The fraction of sp³-hybridized carbons (Fsp3) is 0.556. The van der Waals surface area contributed by atoms with Crippen LogP contribution in [-0.2, 0) is 9.59 Å². The average molecular weight is 303 g/mol. The highest BCUT2D eigenvalue weighted by Crippen LogP contribution is 2.27. The Labute approximate surface area is 132 Å². The van der Waals surface area contributed by atoms with Crippen molar-refractivity contribution >= 4 is 11.9 Å². The number of aryl methyl sites for hydroxylation is 1. The lowest BCUT2D eigenvalue weighted by molar-refractivity contribution is -0.147. The number of carboxylic acid groups (broad SMARTS) is 1. The highest BCUT2D eigenvalue weighted by Gasteiger charge is 2.32. The molecule has 0 saturated carbocycles. The van der Waals surface area contributed by atoms with E-state index in [1.54, 1.807) is 4.90 Å². The van der Waals surface area contributed by atoms with Gasteiger partial charge in [0.15, 0.2) is 0 Å². The van der Waals surface area contributed by atoms with Crippen LogP contribution in [0.4, 0.5) is 0 Å². The van der Waals surface area contributed by atoms with Crippen LogP contribution in [0.1, 0.15) is 50.2 Å². The zero-order chi connectivity index (χ0) is 16.3. The fourth-order valence-corrected chi connectivity index (χ4v) is 3.28. The summed E-state index contributed by atoms with van der Waals surface area (Å²) >= 11 is 0. The Morgan fingerprint density at radius 3 is 2.64 bits per heavy atom. The minimum absolute atomic E-state index is 0.0641. The second-order valence-corrected chi connectivity index (χ2v) is 6.47. The van der Waals surface area contributed by atoms with Crippen molar-refractivity contribution in [2.24, 2.45) is 5.92 Å². The van der Waals surface area contributed by atoms with Gasteiger partial charge in [0.05, 0.1) is 5.92 Å². The molecule has 1 fully saturated rings. The third kappa shape index (κ3) is 3.67. The summed E-state index contributed by atoms with van der Waals surface area (Å²) in [5.41, 5.74) is 2.38. The van der Waals surface area contributed by atoms with Crippen LogP contribution in [-0.4, -0.2) is 34.5 Å². The Hall–Kier alpha value is -1.84. The van der Waals surface area contributed by atoms with Crippen LogP contribution < -0.4 is 0 Å². The number of carbonyl (C=O) groups is 2. The Bertz CT molecular complexity index is 555.